The number of nitrogen functional groups attached to an aromatic ring is 1. The zero-order valence-corrected chi connectivity index (χ0v) is 10.0. The third-order valence-electron chi connectivity index (χ3n) is 1.76. The summed E-state index contributed by atoms with van der Waals surface area (Å²) >= 11 is 1.44. The molecule has 0 radical (unpaired) electrons. The Morgan fingerprint density at radius 3 is 3.00 bits per heavy atom. The minimum absolute atomic E-state index is 0.215. The van der Waals surface area contributed by atoms with Crippen LogP contribution in [0.1, 0.15) is 6.42 Å². The highest BCUT2D eigenvalue weighted by Crippen LogP contribution is 2.19. The van der Waals surface area contributed by atoms with E-state index in [0.717, 1.165) is 5.03 Å². The Hall–Kier alpha value is -1.50. The summed E-state index contributed by atoms with van der Waals surface area (Å²) in [6, 6.07) is 1.78. The minimum Gasteiger partial charge on any atom is -0.469 e. The normalized spacial score (nSPS) is 9.88. The van der Waals surface area contributed by atoms with Crippen LogP contribution in [0.5, 0.6) is 0 Å². The van der Waals surface area contributed by atoms with Gasteiger partial charge in [-0.15, -0.1) is 11.8 Å². The molecule has 0 amide bonds. The van der Waals surface area contributed by atoms with Crippen LogP contribution < -0.4 is 11.1 Å². The molecule has 0 unspecified atom stereocenters. The van der Waals surface area contributed by atoms with Crippen molar-refractivity contribution in [3.8, 4) is 0 Å². The van der Waals surface area contributed by atoms with Gasteiger partial charge < -0.3 is 15.8 Å². The molecule has 0 aliphatic heterocycles. The van der Waals surface area contributed by atoms with E-state index in [4.69, 9.17) is 5.73 Å². The molecule has 16 heavy (non-hydrogen) atoms. The zero-order valence-electron chi connectivity index (χ0n) is 9.19. The average molecular weight is 242 g/mol. The van der Waals surface area contributed by atoms with Gasteiger partial charge in [0.05, 0.1) is 13.5 Å². The van der Waals surface area contributed by atoms with Crippen LogP contribution in [0.4, 0.5) is 11.8 Å². The summed E-state index contributed by atoms with van der Waals surface area (Å²) in [5, 5.41) is 3.62. The molecule has 0 aliphatic carbocycles. The number of aromatic nitrogens is 2. The lowest BCUT2D eigenvalue weighted by Crippen LogP contribution is -2.03. The number of hydrogen-bond donors (Lipinski definition) is 2. The molecular weight excluding hydrogens is 228 g/mol. The Labute approximate surface area is 98.0 Å². The van der Waals surface area contributed by atoms with Gasteiger partial charge in [0.1, 0.15) is 10.8 Å². The second-order valence-electron chi connectivity index (χ2n) is 2.87. The number of esters is 1. The van der Waals surface area contributed by atoms with Gasteiger partial charge in [0.15, 0.2) is 0 Å². The Morgan fingerprint density at radius 2 is 2.38 bits per heavy atom. The Morgan fingerprint density at radius 1 is 1.62 bits per heavy atom. The third-order valence-corrected chi connectivity index (χ3v) is 2.67. The molecule has 88 valence electrons. The first kappa shape index (κ1) is 12.6. The summed E-state index contributed by atoms with van der Waals surface area (Å²) in [5.41, 5.74) is 5.53. The zero-order chi connectivity index (χ0) is 12.0. The molecule has 1 aromatic rings. The van der Waals surface area contributed by atoms with Gasteiger partial charge >= 0.3 is 5.97 Å². The molecule has 7 heteroatoms. The maximum absolute atomic E-state index is 10.9. The van der Waals surface area contributed by atoms with E-state index in [2.05, 4.69) is 20.0 Å². The van der Waals surface area contributed by atoms with Crippen molar-refractivity contribution >= 4 is 29.5 Å². The number of rotatable bonds is 5. The van der Waals surface area contributed by atoms with Gasteiger partial charge in [-0.05, 0) is 0 Å². The maximum atomic E-state index is 10.9. The fourth-order valence-corrected chi connectivity index (χ4v) is 1.82. The Bertz CT molecular complexity index is 373. The SMILES string of the molecule is CNc1cc(SCCC(=O)OC)nc(N)n1. The van der Waals surface area contributed by atoms with E-state index in [9.17, 15) is 4.79 Å². The molecule has 0 aromatic carbocycles. The molecule has 6 nitrogen and oxygen atoms in total. The molecular formula is C9H14N4O2S. The van der Waals surface area contributed by atoms with Crippen molar-refractivity contribution in [1.29, 1.82) is 0 Å². The molecule has 0 aliphatic rings. The van der Waals surface area contributed by atoms with Gasteiger partial charge in [0.2, 0.25) is 5.95 Å². The molecule has 0 atom stereocenters. The highest BCUT2D eigenvalue weighted by Gasteiger charge is 2.04. The number of methoxy groups -OCH3 is 1. The molecule has 0 bridgehead atoms. The number of nitrogens with zero attached hydrogens (tertiary/aromatic N) is 2. The monoisotopic (exact) mass is 242 g/mol. The highest BCUT2D eigenvalue weighted by atomic mass is 32.2. The van der Waals surface area contributed by atoms with E-state index in [1.807, 2.05) is 0 Å². The Balaban J connectivity index is 2.53. The first-order valence-corrected chi connectivity index (χ1v) is 5.66. The summed E-state index contributed by atoms with van der Waals surface area (Å²) in [6.45, 7) is 0. The number of nitrogens with one attached hydrogen (secondary N) is 1. The molecule has 1 heterocycles. The van der Waals surface area contributed by atoms with E-state index in [1.54, 1.807) is 13.1 Å². The van der Waals surface area contributed by atoms with E-state index in [0.29, 0.717) is 18.0 Å². The van der Waals surface area contributed by atoms with Crippen LogP contribution in [0.2, 0.25) is 0 Å². The summed E-state index contributed by atoms with van der Waals surface area (Å²) in [5.74, 6) is 1.25. The first-order chi connectivity index (χ1) is 7.65. The van der Waals surface area contributed by atoms with Crippen LogP contribution in [-0.4, -0.2) is 35.8 Å². The smallest absolute Gasteiger partial charge is 0.306 e. The number of carbonyl (C=O) groups is 1. The molecule has 0 saturated heterocycles. The van der Waals surface area contributed by atoms with Crippen LogP contribution in [0.15, 0.2) is 11.1 Å². The van der Waals surface area contributed by atoms with E-state index < -0.39 is 0 Å². The predicted molar refractivity (Wildman–Crippen MR) is 63.3 cm³/mol. The topological polar surface area (TPSA) is 90.1 Å². The summed E-state index contributed by atoms with van der Waals surface area (Å²) in [4.78, 5) is 18.9. The number of thioether (sulfide) groups is 1. The van der Waals surface area contributed by atoms with Crippen LogP contribution in [0.25, 0.3) is 0 Å². The number of hydrogen-bond acceptors (Lipinski definition) is 7. The molecule has 0 spiro atoms. The van der Waals surface area contributed by atoms with Crippen LogP contribution >= 0.6 is 11.8 Å². The van der Waals surface area contributed by atoms with Gasteiger partial charge in [-0.3, -0.25) is 4.79 Å². The fraction of sp³-hybridized carbons (Fsp3) is 0.444. The maximum Gasteiger partial charge on any atom is 0.306 e. The van der Waals surface area contributed by atoms with Crippen molar-refractivity contribution in [3.05, 3.63) is 6.07 Å². The summed E-state index contributed by atoms with van der Waals surface area (Å²) < 4.78 is 4.53. The van der Waals surface area contributed by atoms with Gasteiger partial charge in [0, 0.05) is 18.9 Å². The fourth-order valence-electron chi connectivity index (χ4n) is 0.986. The van der Waals surface area contributed by atoms with Crippen molar-refractivity contribution in [1.82, 2.24) is 9.97 Å². The van der Waals surface area contributed by atoms with Gasteiger partial charge in [-0.2, -0.15) is 4.98 Å². The highest BCUT2D eigenvalue weighted by molar-refractivity contribution is 7.99. The number of anilines is 2. The summed E-state index contributed by atoms with van der Waals surface area (Å²) in [7, 11) is 3.12. The Kier molecular flexibility index (Phi) is 4.84. The minimum atomic E-state index is -0.233. The lowest BCUT2D eigenvalue weighted by atomic mass is 10.5. The lowest BCUT2D eigenvalue weighted by molar-refractivity contribution is -0.140. The van der Waals surface area contributed by atoms with Gasteiger partial charge in [-0.1, -0.05) is 0 Å². The van der Waals surface area contributed by atoms with E-state index in [-0.39, 0.29) is 11.9 Å². The average Bonchev–Trinajstić information content (AvgIpc) is 2.28. The van der Waals surface area contributed by atoms with Crippen molar-refractivity contribution in [2.24, 2.45) is 0 Å². The van der Waals surface area contributed by atoms with Crippen LogP contribution in [-0.2, 0) is 9.53 Å². The second-order valence-corrected chi connectivity index (χ2v) is 3.99. The summed E-state index contributed by atoms with van der Waals surface area (Å²) in [6.07, 6.45) is 0.347. The van der Waals surface area contributed by atoms with Crippen molar-refractivity contribution in [2.45, 2.75) is 11.4 Å². The standard InChI is InChI=1S/C9H14N4O2S/c1-11-6-5-7(13-9(10)12-6)16-4-3-8(14)15-2/h5H,3-4H2,1-2H3,(H3,10,11,12,13). The molecule has 0 fully saturated rings. The van der Waals surface area contributed by atoms with E-state index >= 15 is 0 Å². The third kappa shape index (κ3) is 3.93. The van der Waals surface area contributed by atoms with Gasteiger partial charge in [-0.25, -0.2) is 4.98 Å². The van der Waals surface area contributed by atoms with Crippen LogP contribution in [0, 0.1) is 0 Å². The largest absolute Gasteiger partial charge is 0.469 e. The van der Waals surface area contributed by atoms with Crippen molar-refractivity contribution in [2.75, 3.05) is 31.0 Å². The molecule has 1 aromatic heterocycles. The molecule has 0 saturated carbocycles. The van der Waals surface area contributed by atoms with Crippen molar-refractivity contribution in [3.63, 3.8) is 0 Å². The van der Waals surface area contributed by atoms with E-state index in [1.165, 1.54) is 18.9 Å². The lowest BCUT2D eigenvalue weighted by Gasteiger charge is -2.04. The number of ether oxygens (including phenoxy) is 1. The predicted octanol–water partition coefficient (Wildman–Crippen LogP) is 0.756. The van der Waals surface area contributed by atoms with Crippen LogP contribution in [0.3, 0.4) is 0 Å². The van der Waals surface area contributed by atoms with Gasteiger partial charge in [0.25, 0.3) is 0 Å². The molecule has 1 rings (SSSR count). The second kappa shape index (κ2) is 6.16. The quantitative estimate of drug-likeness (QED) is 0.447. The molecule has 3 N–H and O–H groups in total. The number of nitrogens with two attached hydrogens (primary N) is 1. The first-order valence-electron chi connectivity index (χ1n) is 4.67. The van der Waals surface area contributed by atoms with Crippen molar-refractivity contribution < 1.29 is 9.53 Å². The number of carbonyl (C=O) groups excluding carboxylic acids is 1.